The molecule has 0 aromatic carbocycles. The molecule has 1 aliphatic rings. The molecule has 3 heterocycles. The van der Waals surface area contributed by atoms with Gasteiger partial charge in [0, 0.05) is 19.3 Å². The number of β-amino-alcohol motifs (C(OH)–C–C–N with tert-alkyl or cyclic N) is 1. The van der Waals surface area contributed by atoms with Crippen LogP contribution in [-0.4, -0.2) is 54.4 Å². The number of aliphatic hydroxyl groups is 1. The number of hydrogen-bond acceptors (Lipinski definition) is 5. The lowest BCUT2D eigenvalue weighted by molar-refractivity contribution is 0.0572. The van der Waals surface area contributed by atoms with E-state index < -0.39 is 5.60 Å². The fourth-order valence-electron chi connectivity index (χ4n) is 2.28. The van der Waals surface area contributed by atoms with E-state index in [4.69, 9.17) is 0 Å². The second kappa shape index (κ2) is 4.68. The second-order valence-corrected chi connectivity index (χ2v) is 5.22. The summed E-state index contributed by atoms with van der Waals surface area (Å²) < 4.78 is 1.52. The zero-order valence-corrected chi connectivity index (χ0v) is 11.1. The van der Waals surface area contributed by atoms with Crippen LogP contribution in [-0.2, 0) is 0 Å². The Morgan fingerprint density at radius 2 is 2.30 bits per heavy atom. The highest BCUT2D eigenvalue weighted by atomic mass is 16.3. The third kappa shape index (κ3) is 2.39. The van der Waals surface area contributed by atoms with E-state index in [9.17, 15) is 9.90 Å². The van der Waals surface area contributed by atoms with Gasteiger partial charge in [0.15, 0.2) is 5.82 Å². The molecule has 2 aromatic rings. The van der Waals surface area contributed by atoms with Crippen molar-refractivity contribution in [2.24, 2.45) is 0 Å². The number of hydrogen-bond donors (Lipinski definition) is 1. The van der Waals surface area contributed by atoms with E-state index in [1.807, 2.05) is 0 Å². The molecule has 1 fully saturated rings. The number of nitrogens with zero attached hydrogens (tertiary/aromatic N) is 5. The molecule has 3 rings (SSSR count). The smallest absolute Gasteiger partial charge is 0.255 e. The summed E-state index contributed by atoms with van der Waals surface area (Å²) in [6.07, 6.45) is 5.09. The minimum Gasteiger partial charge on any atom is -0.388 e. The number of carbonyl (C=O) groups excluding carboxylic acids is 1. The van der Waals surface area contributed by atoms with E-state index in [2.05, 4.69) is 15.1 Å². The number of likely N-dealkylation sites (tertiary alicyclic amines) is 1. The predicted molar refractivity (Wildman–Crippen MR) is 70.3 cm³/mol. The van der Waals surface area contributed by atoms with Crippen molar-refractivity contribution < 1.29 is 9.90 Å². The highest BCUT2D eigenvalue weighted by Crippen LogP contribution is 2.22. The molecule has 1 unspecified atom stereocenters. The molecular weight excluding hydrogens is 258 g/mol. The number of rotatable bonds is 2. The molecule has 0 spiro atoms. The van der Waals surface area contributed by atoms with Crippen molar-refractivity contribution in [1.29, 1.82) is 0 Å². The van der Waals surface area contributed by atoms with Crippen LogP contribution in [0.1, 0.15) is 23.7 Å². The van der Waals surface area contributed by atoms with Gasteiger partial charge in [-0.3, -0.25) is 4.79 Å². The van der Waals surface area contributed by atoms with Gasteiger partial charge in [0.1, 0.15) is 12.7 Å². The Morgan fingerprint density at radius 3 is 2.85 bits per heavy atom. The summed E-state index contributed by atoms with van der Waals surface area (Å²) in [6, 6.07) is 3.43. The summed E-state index contributed by atoms with van der Waals surface area (Å²) >= 11 is 0. The Bertz CT molecular complexity index is 606. The Labute approximate surface area is 115 Å². The van der Waals surface area contributed by atoms with E-state index in [1.165, 1.54) is 17.2 Å². The van der Waals surface area contributed by atoms with Crippen molar-refractivity contribution in [3.63, 3.8) is 0 Å². The van der Waals surface area contributed by atoms with Crippen molar-refractivity contribution in [1.82, 2.24) is 24.6 Å². The molecule has 0 radical (unpaired) electrons. The van der Waals surface area contributed by atoms with Gasteiger partial charge in [-0.15, -0.1) is 0 Å². The number of aromatic nitrogens is 4. The molecule has 1 amide bonds. The average Bonchev–Trinajstić information content (AvgIpc) is 3.07. The zero-order valence-electron chi connectivity index (χ0n) is 11.1. The van der Waals surface area contributed by atoms with Crippen LogP contribution in [0.25, 0.3) is 5.82 Å². The topological polar surface area (TPSA) is 84.1 Å². The molecule has 7 nitrogen and oxygen atoms in total. The van der Waals surface area contributed by atoms with Crippen molar-refractivity contribution in [3.8, 4) is 5.82 Å². The Morgan fingerprint density at radius 1 is 1.45 bits per heavy atom. The molecule has 20 heavy (non-hydrogen) atoms. The summed E-state index contributed by atoms with van der Waals surface area (Å²) in [5, 5.41) is 13.9. The first kappa shape index (κ1) is 12.7. The first-order valence-electron chi connectivity index (χ1n) is 6.38. The lowest BCUT2D eigenvalue weighted by Crippen LogP contribution is -2.33. The summed E-state index contributed by atoms with van der Waals surface area (Å²) in [5.41, 5.74) is -0.282. The Hall–Kier alpha value is -2.28. The van der Waals surface area contributed by atoms with Crippen molar-refractivity contribution in [2.75, 3.05) is 13.1 Å². The van der Waals surface area contributed by atoms with Crippen molar-refractivity contribution in [3.05, 3.63) is 36.5 Å². The summed E-state index contributed by atoms with van der Waals surface area (Å²) in [6.45, 7) is 2.67. The Balaban J connectivity index is 1.76. The molecule has 0 bridgehead atoms. The lowest BCUT2D eigenvalue weighted by atomic mass is 10.1. The first-order chi connectivity index (χ1) is 9.55. The van der Waals surface area contributed by atoms with Crippen LogP contribution < -0.4 is 0 Å². The van der Waals surface area contributed by atoms with Crippen LogP contribution >= 0.6 is 0 Å². The summed E-state index contributed by atoms with van der Waals surface area (Å²) in [4.78, 5) is 22.0. The van der Waals surface area contributed by atoms with Gasteiger partial charge >= 0.3 is 0 Å². The fourth-order valence-corrected chi connectivity index (χ4v) is 2.28. The van der Waals surface area contributed by atoms with Crippen LogP contribution in [0, 0.1) is 0 Å². The lowest BCUT2D eigenvalue weighted by Gasteiger charge is -2.18. The minimum atomic E-state index is -0.788. The van der Waals surface area contributed by atoms with E-state index in [1.54, 1.807) is 30.3 Å². The maximum absolute atomic E-state index is 12.3. The molecule has 1 aliphatic heterocycles. The van der Waals surface area contributed by atoms with Gasteiger partial charge in [0.2, 0.25) is 0 Å². The van der Waals surface area contributed by atoms with Gasteiger partial charge in [-0.25, -0.2) is 14.6 Å². The molecule has 7 heteroatoms. The highest BCUT2D eigenvalue weighted by Gasteiger charge is 2.34. The molecule has 1 saturated heterocycles. The van der Waals surface area contributed by atoms with Crippen LogP contribution in [0.15, 0.2) is 31.0 Å². The van der Waals surface area contributed by atoms with Gasteiger partial charge in [-0.05, 0) is 25.5 Å². The third-order valence-electron chi connectivity index (χ3n) is 3.39. The molecule has 0 aliphatic carbocycles. The van der Waals surface area contributed by atoms with Gasteiger partial charge in [-0.2, -0.15) is 5.10 Å². The zero-order chi connectivity index (χ0) is 14.2. The molecule has 104 valence electrons. The monoisotopic (exact) mass is 273 g/mol. The van der Waals surface area contributed by atoms with Gasteiger partial charge < -0.3 is 10.0 Å². The van der Waals surface area contributed by atoms with Crippen molar-refractivity contribution in [2.45, 2.75) is 18.9 Å². The second-order valence-electron chi connectivity index (χ2n) is 5.22. The van der Waals surface area contributed by atoms with Gasteiger partial charge in [-0.1, -0.05) is 0 Å². The minimum absolute atomic E-state index is 0.111. The summed E-state index contributed by atoms with van der Waals surface area (Å²) in [7, 11) is 0. The third-order valence-corrected chi connectivity index (χ3v) is 3.39. The fraction of sp³-hybridized carbons (Fsp3) is 0.385. The summed E-state index contributed by atoms with van der Waals surface area (Å²) in [5.74, 6) is 0.493. The maximum Gasteiger partial charge on any atom is 0.255 e. The SMILES string of the molecule is CC1(O)CCN(C(=O)c2ccc(-n3cncn3)nc2)C1. The van der Waals surface area contributed by atoms with Crippen LogP contribution in [0.2, 0.25) is 0 Å². The molecule has 0 saturated carbocycles. The van der Waals surface area contributed by atoms with Crippen LogP contribution in [0.5, 0.6) is 0 Å². The van der Waals surface area contributed by atoms with Crippen LogP contribution in [0.4, 0.5) is 0 Å². The highest BCUT2D eigenvalue weighted by molar-refractivity contribution is 5.94. The number of pyridine rings is 1. The van der Waals surface area contributed by atoms with E-state index in [0.29, 0.717) is 30.9 Å². The van der Waals surface area contributed by atoms with E-state index in [0.717, 1.165) is 0 Å². The molecule has 2 aromatic heterocycles. The van der Waals surface area contributed by atoms with E-state index >= 15 is 0 Å². The van der Waals surface area contributed by atoms with Crippen molar-refractivity contribution >= 4 is 5.91 Å². The van der Waals surface area contributed by atoms with Gasteiger partial charge in [0.05, 0.1) is 11.2 Å². The number of amides is 1. The standard InChI is InChI=1S/C13H15N5O2/c1-13(20)4-5-17(7-13)12(19)10-2-3-11(15-6-10)18-9-14-8-16-18/h2-3,6,8-9,20H,4-5,7H2,1H3. The quantitative estimate of drug-likeness (QED) is 0.848. The predicted octanol–water partition coefficient (Wildman–Crippen LogP) is 0.259. The largest absolute Gasteiger partial charge is 0.388 e. The molecule has 1 atom stereocenters. The number of carbonyl (C=O) groups is 1. The Kier molecular flexibility index (Phi) is 2.98. The molecular formula is C13H15N5O2. The van der Waals surface area contributed by atoms with Gasteiger partial charge in [0.25, 0.3) is 5.91 Å². The van der Waals surface area contributed by atoms with E-state index in [-0.39, 0.29) is 5.91 Å². The molecule has 1 N–H and O–H groups in total. The maximum atomic E-state index is 12.3. The normalized spacial score (nSPS) is 22.2. The van der Waals surface area contributed by atoms with Crippen LogP contribution in [0.3, 0.4) is 0 Å². The first-order valence-corrected chi connectivity index (χ1v) is 6.38. The average molecular weight is 273 g/mol.